The third-order valence-corrected chi connectivity index (χ3v) is 6.53. The van der Waals surface area contributed by atoms with Crippen molar-refractivity contribution in [2.45, 2.75) is 58.3 Å². The Morgan fingerprint density at radius 2 is 1.92 bits per heavy atom. The first-order valence-electron chi connectivity index (χ1n) is 12.2. The zero-order valence-electron chi connectivity index (χ0n) is 21.1. The normalized spacial score (nSPS) is 18.2. The molecule has 0 bridgehead atoms. The first kappa shape index (κ1) is 25.3. The van der Waals surface area contributed by atoms with Gasteiger partial charge < -0.3 is 19.6 Å². The van der Waals surface area contributed by atoms with Crippen molar-refractivity contribution in [3.05, 3.63) is 52.6 Å². The molecule has 0 radical (unpaired) electrons. The first-order chi connectivity index (χ1) is 17.2. The highest BCUT2D eigenvalue weighted by Crippen LogP contribution is 2.35. The molecule has 2 aliphatic rings. The SMILES string of the molecule is CC(C)(C)OC(=O)N1CCN(c2nc(O)c(C#N)c3c2CCN(Cc2ccccc2)C3)CC1CC#N. The molecule has 1 saturated heterocycles. The average molecular weight is 489 g/mol. The molecule has 1 unspecified atom stereocenters. The summed E-state index contributed by atoms with van der Waals surface area (Å²) in [5.41, 5.74) is 2.53. The van der Waals surface area contributed by atoms with Crippen LogP contribution in [0.2, 0.25) is 0 Å². The summed E-state index contributed by atoms with van der Waals surface area (Å²) in [4.78, 5) is 23.1. The highest BCUT2D eigenvalue weighted by molar-refractivity contribution is 5.69. The van der Waals surface area contributed by atoms with E-state index in [1.165, 1.54) is 5.56 Å². The largest absolute Gasteiger partial charge is 0.492 e. The molecule has 1 N–H and O–H groups in total. The van der Waals surface area contributed by atoms with Gasteiger partial charge in [0, 0.05) is 44.8 Å². The van der Waals surface area contributed by atoms with Crippen molar-refractivity contribution >= 4 is 11.9 Å². The summed E-state index contributed by atoms with van der Waals surface area (Å²) in [6.07, 6.45) is 0.413. The van der Waals surface area contributed by atoms with Crippen LogP contribution in [0.15, 0.2) is 30.3 Å². The molecule has 3 heterocycles. The van der Waals surface area contributed by atoms with E-state index in [9.17, 15) is 20.4 Å². The Kier molecular flexibility index (Phi) is 7.32. The van der Waals surface area contributed by atoms with Crippen molar-refractivity contribution in [1.82, 2.24) is 14.8 Å². The number of pyridine rings is 1. The number of piperazine rings is 1. The number of amides is 1. The highest BCUT2D eigenvalue weighted by atomic mass is 16.6. The Morgan fingerprint density at radius 1 is 1.17 bits per heavy atom. The van der Waals surface area contributed by atoms with E-state index in [0.717, 1.165) is 24.2 Å². The number of hydrogen-bond acceptors (Lipinski definition) is 8. The second kappa shape index (κ2) is 10.4. The van der Waals surface area contributed by atoms with E-state index in [2.05, 4.69) is 34.2 Å². The molecule has 1 amide bonds. The minimum Gasteiger partial charge on any atom is -0.492 e. The third kappa shape index (κ3) is 5.53. The van der Waals surface area contributed by atoms with E-state index in [1.807, 2.05) is 43.9 Å². The van der Waals surface area contributed by atoms with E-state index in [0.29, 0.717) is 38.4 Å². The monoisotopic (exact) mass is 488 g/mol. The number of benzene rings is 1. The van der Waals surface area contributed by atoms with Gasteiger partial charge in [-0.25, -0.2) is 4.79 Å². The lowest BCUT2D eigenvalue weighted by molar-refractivity contribution is 0.0144. The van der Waals surface area contributed by atoms with Gasteiger partial charge >= 0.3 is 6.09 Å². The quantitative estimate of drug-likeness (QED) is 0.694. The highest BCUT2D eigenvalue weighted by Gasteiger charge is 2.36. The smallest absolute Gasteiger partial charge is 0.410 e. The molecule has 188 valence electrons. The molecule has 0 saturated carbocycles. The second-order valence-electron chi connectivity index (χ2n) is 10.3. The predicted molar refractivity (Wildman–Crippen MR) is 134 cm³/mol. The van der Waals surface area contributed by atoms with Gasteiger partial charge in [0.25, 0.3) is 0 Å². The van der Waals surface area contributed by atoms with Crippen LogP contribution in [0.1, 0.15) is 49.4 Å². The van der Waals surface area contributed by atoms with Crippen molar-refractivity contribution in [3.63, 3.8) is 0 Å². The van der Waals surface area contributed by atoms with Crippen LogP contribution in [0.4, 0.5) is 10.6 Å². The van der Waals surface area contributed by atoms with Crippen LogP contribution >= 0.6 is 0 Å². The molecular formula is C27H32N6O3. The van der Waals surface area contributed by atoms with Crippen LogP contribution < -0.4 is 4.90 Å². The summed E-state index contributed by atoms with van der Waals surface area (Å²) >= 11 is 0. The number of ether oxygens (including phenoxy) is 1. The number of anilines is 1. The van der Waals surface area contributed by atoms with Crippen molar-refractivity contribution in [2.75, 3.05) is 31.1 Å². The van der Waals surface area contributed by atoms with Gasteiger partial charge in [-0.2, -0.15) is 15.5 Å². The maximum absolute atomic E-state index is 12.8. The van der Waals surface area contributed by atoms with Gasteiger partial charge in [0.1, 0.15) is 23.1 Å². The Balaban J connectivity index is 1.59. The average Bonchev–Trinajstić information content (AvgIpc) is 2.83. The summed E-state index contributed by atoms with van der Waals surface area (Å²) in [5.74, 6) is 0.354. The van der Waals surface area contributed by atoms with Gasteiger partial charge in [0.2, 0.25) is 5.88 Å². The number of nitriles is 2. The number of aromatic nitrogens is 1. The molecule has 1 aromatic heterocycles. The number of carbonyl (C=O) groups excluding carboxylic acids is 1. The first-order valence-corrected chi connectivity index (χ1v) is 12.2. The summed E-state index contributed by atoms with van der Waals surface area (Å²) < 4.78 is 5.56. The molecule has 2 aromatic rings. The summed E-state index contributed by atoms with van der Waals surface area (Å²) in [7, 11) is 0. The van der Waals surface area contributed by atoms with Gasteiger partial charge in [0.05, 0.1) is 18.5 Å². The third-order valence-electron chi connectivity index (χ3n) is 6.53. The van der Waals surface area contributed by atoms with Crippen LogP contribution in [-0.4, -0.2) is 63.8 Å². The fraction of sp³-hybridized carbons (Fsp3) is 0.481. The number of hydrogen-bond donors (Lipinski definition) is 1. The Bertz CT molecular complexity index is 1200. The zero-order valence-corrected chi connectivity index (χ0v) is 21.1. The van der Waals surface area contributed by atoms with Crippen molar-refractivity contribution in [1.29, 1.82) is 10.5 Å². The Morgan fingerprint density at radius 3 is 2.58 bits per heavy atom. The van der Waals surface area contributed by atoms with Gasteiger partial charge in [-0.1, -0.05) is 30.3 Å². The van der Waals surface area contributed by atoms with Crippen LogP contribution in [0, 0.1) is 22.7 Å². The molecule has 0 aliphatic carbocycles. The maximum atomic E-state index is 12.8. The number of aromatic hydroxyl groups is 1. The molecule has 0 spiro atoms. The topological polar surface area (TPSA) is 117 Å². The fourth-order valence-corrected chi connectivity index (χ4v) is 4.90. The molecule has 9 nitrogen and oxygen atoms in total. The van der Waals surface area contributed by atoms with Crippen LogP contribution in [-0.2, 0) is 24.2 Å². The molecule has 1 fully saturated rings. The molecule has 36 heavy (non-hydrogen) atoms. The molecule has 9 heteroatoms. The Labute approximate surface area is 212 Å². The number of nitrogens with zero attached hydrogens (tertiary/aromatic N) is 6. The standard InChI is InChI=1S/C27H32N6O3/c1-27(2,3)36-26(35)33-14-13-32(17-20(33)9-11-28)24-21-10-12-31(16-19-7-5-4-6-8-19)18-23(21)22(15-29)25(34)30-24/h4-8,20H,9-10,12-14,16-18H2,1-3H3,(H,30,34). The van der Waals surface area contributed by atoms with E-state index >= 15 is 0 Å². The lowest BCUT2D eigenvalue weighted by atomic mass is 9.95. The lowest BCUT2D eigenvalue weighted by Gasteiger charge is -2.42. The van der Waals surface area contributed by atoms with Crippen molar-refractivity contribution < 1.29 is 14.6 Å². The zero-order chi connectivity index (χ0) is 25.9. The summed E-state index contributed by atoms with van der Waals surface area (Å²) in [5, 5.41) is 29.9. The summed E-state index contributed by atoms with van der Waals surface area (Å²) in [6, 6.07) is 14.1. The van der Waals surface area contributed by atoms with Gasteiger partial charge in [0.15, 0.2) is 0 Å². The van der Waals surface area contributed by atoms with Crippen molar-refractivity contribution in [2.24, 2.45) is 0 Å². The van der Waals surface area contributed by atoms with Crippen molar-refractivity contribution in [3.8, 4) is 18.0 Å². The molecule has 1 aromatic carbocycles. The predicted octanol–water partition coefficient (Wildman–Crippen LogP) is 3.56. The Hall–Kier alpha value is -3.82. The van der Waals surface area contributed by atoms with Crippen LogP contribution in [0.3, 0.4) is 0 Å². The van der Waals surface area contributed by atoms with Crippen LogP contribution in [0.5, 0.6) is 5.88 Å². The lowest BCUT2D eigenvalue weighted by Crippen LogP contribution is -2.56. The van der Waals surface area contributed by atoms with Gasteiger partial charge in [-0.15, -0.1) is 0 Å². The van der Waals surface area contributed by atoms with Crippen LogP contribution in [0.25, 0.3) is 0 Å². The second-order valence-corrected chi connectivity index (χ2v) is 10.3. The summed E-state index contributed by atoms with van der Waals surface area (Å²) in [6.45, 7) is 8.79. The molecule has 2 aliphatic heterocycles. The minimum absolute atomic E-state index is 0.158. The number of carbonyl (C=O) groups is 1. The number of rotatable bonds is 4. The van der Waals surface area contributed by atoms with Gasteiger partial charge in [-0.05, 0) is 38.3 Å². The minimum atomic E-state index is -0.628. The van der Waals surface area contributed by atoms with E-state index in [-0.39, 0.29) is 23.9 Å². The van der Waals surface area contributed by atoms with E-state index in [1.54, 1.807) is 4.90 Å². The molecular weight excluding hydrogens is 456 g/mol. The van der Waals surface area contributed by atoms with E-state index < -0.39 is 11.7 Å². The van der Waals surface area contributed by atoms with E-state index in [4.69, 9.17) is 4.74 Å². The molecule has 4 rings (SSSR count). The fourth-order valence-electron chi connectivity index (χ4n) is 4.90. The number of fused-ring (bicyclic) bond motifs is 1. The van der Waals surface area contributed by atoms with Gasteiger partial charge in [-0.3, -0.25) is 4.90 Å². The molecule has 1 atom stereocenters. The maximum Gasteiger partial charge on any atom is 0.410 e.